The van der Waals surface area contributed by atoms with Crippen LogP contribution in [0.15, 0.2) is 24.3 Å². The first-order chi connectivity index (χ1) is 8.80. The number of carbonyl (C=O) groups is 1. The number of hydrogen-bond donors (Lipinski definition) is 1. The van der Waals surface area contributed by atoms with Gasteiger partial charge in [-0.2, -0.15) is 0 Å². The monoisotopic (exact) mass is 280 g/mol. The van der Waals surface area contributed by atoms with Crippen molar-refractivity contribution in [1.29, 1.82) is 0 Å². The highest BCUT2D eigenvalue weighted by Crippen LogP contribution is 2.25. The molecule has 1 aromatic carbocycles. The van der Waals surface area contributed by atoms with E-state index in [2.05, 4.69) is 26.6 Å². The van der Waals surface area contributed by atoms with Crippen LogP contribution in [0.4, 0.5) is 0 Å². The Bertz CT molecular complexity index is 406. The van der Waals surface area contributed by atoms with Gasteiger partial charge in [-0.1, -0.05) is 26.6 Å². The van der Waals surface area contributed by atoms with Crippen molar-refractivity contribution in [2.24, 2.45) is 0 Å². The van der Waals surface area contributed by atoms with E-state index in [1.807, 2.05) is 0 Å². The molecule has 0 amide bonds. The summed E-state index contributed by atoms with van der Waals surface area (Å²) in [5.41, 5.74) is 1.09. The van der Waals surface area contributed by atoms with Crippen LogP contribution in [-0.4, -0.2) is 25.8 Å². The topological polar surface area (TPSA) is 46.5 Å². The van der Waals surface area contributed by atoms with Crippen LogP contribution in [-0.2, 0) is 0 Å². The molecule has 0 saturated carbocycles. The van der Waals surface area contributed by atoms with Gasteiger partial charge >= 0.3 is 5.97 Å². The number of carboxylic acids is 1. The van der Waals surface area contributed by atoms with E-state index in [9.17, 15) is 4.79 Å². The van der Waals surface area contributed by atoms with E-state index in [1.165, 1.54) is 6.42 Å². The lowest BCUT2D eigenvalue weighted by atomic mass is 10.2. The minimum atomic E-state index is -1.03. The highest BCUT2D eigenvalue weighted by molar-refractivity contribution is 6.77. The standard InChI is InChI=1S/C15H24O3Si/c1-12(19(2,3)4)6-5-11-18-14-9-7-13(8-10-14)15(16)17/h7-10,12H,5-6,11H2,1-4H3,(H,16,17). The van der Waals surface area contributed by atoms with Crippen LogP contribution in [0, 0.1) is 0 Å². The van der Waals surface area contributed by atoms with Crippen molar-refractivity contribution in [3.63, 3.8) is 0 Å². The molecule has 0 radical (unpaired) electrons. The summed E-state index contributed by atoms with van der Waals surface area (Å²) in [4.78, 5) is 10.7. The molecule has 1 unspecified atom stereocenters. The molecule has 1 N–H and O–H groups in total. The summed E-state index contributed by atoms with van der Waals surface area (Å²) in [6, 6.07) is 6.57. The molecule has 0 aliphatic heterocycles. The van der Waals surface area contributed by atoms with Gasteiger partial charge in [0.25, 0.3) is 0 Å². The van der Waals surface area contributed by atoms with Gasteiger partial charge in [-0.05, 0) is 42.6 Å². The zero-order valence-electron chi connectivity index (χ0n) is 12.3. The van der Waals surface area contributed by atoms with Gasteiger partial charge in [0.05, 0.1) is 12.2 Å². The van der Waals surface area contributed by atoms with Crippen molar-refractivity contribution >= 4 is 14.0 Å². The number of carboxylic acid groups (broad SMARTS) is 1. The average molecular weight is 280 g/mol. The first-order valence-corrected chi connectivity index (χ1v) is 10.3. The van der Waals surface area contributed by atoms with Gasteiger partial charge in [0, 0.05) is 8.07 Å². The number of ether oxygens (including phenoxy) is 1. The van der Waals surface area contributed by atoms with Crippen molar-refractivity contribution < 1.29 is 14.6 Å². The number of rotatable bonds is 7. The van der Waals surface area contributed by atoms with Gasteiger partial charge in [0.2, 0.25) is 0 Å². The van der Waals surface area contributed by atoms with E-state index < -0.39 is 14.0 Å². The summed E-state index contributed by atoms with van der Waals surface area (Å²) >= 11 is 0. The Morgan fingerprint density at radius 1 is 1.26 bits per heavy atom. The number of benzene rings is 1. The van der Waals surface area contributed by atoms with Crippen molar-refractivity contribution in [2.45, 2.75) is 44.9 Å². The Kier molecular flexibility index (Phi) is 5.60. The molecule has 19 heavy (non-hydrogen) atoms. The predicted octanol–water partition coefficient (Wildman–Crippen LogP) is 4.27. The maximum absolute atomic E-state index is 10.7. The van der Waals surface area contributed by atoms with Crippen LogP contribution in [0.25, 0.3) is 0 Å². The van der Waals surface area contributed by atoms with Crippen molar-refractivity contribution in [1.82, 2.24) is 0 Å². The zero-order chi connectivity index (χ0) is 14.5. The number of aromatic carboxylic acids is 1. The van der Waals surface area contributed by atoms with Gasteiger partial charge in [-0.15, -0.1) is 0 Å². The first-order valence-electron chi connectivity index (χ1n) is 6.77. The third kappa shape index (κ3) is 5.47. The molecule has 0 aromatic heterocycles. The second-order valence-electron chi connectivity index (χ2n) is 6.09. The smallest absolute Gasteiger partial charge is 0.335 e. The Balaban J connectivity index is 2.32. The quantitative estimate of drug-likeness (QED) is 0.599. The summed E-state index contributed by atoms with van der Waals surface area (Å²) < 4.78 is 5.63. The summed E-state index contributed by atoms with van der Waals surface area (Å²) in [5, 5.41) is 8.79. The Morgan fingerprint density at radius 3 is 2.32 bits per heavy atom. The maximum atomic E-state index is 10.7. The van der Waals surface area contributed by atoms with Crippen LogP contribution in [0.2, 0.25) is 25.2 Å². The largest absolute Gasteiger partial charge is 0.494 e. The molecule has 106 valence electrons. The number of hydrogen-bond acceptors (Lipinski definition) is 2. The van der Waals surface area contributed by atoms with Crippen molar-refractivity contribution in [2.75, 3.05) is 6.61 Å². The molecule has 4 heteroatoms. The predicted molar refractivity (Wildman–Crippen MR) is 80.9 cm³/mol. The van der Waals surface area contributed by atoms with E-state index in [1.54, 1.807) is 24.3 Å². The lowest BCUT2D eigenvalue weighted by Gasteiger charge is -2.24. The summed E-state index contributed by atoms with van der Waals surface area (Å²) in [7, 11) is -1.03. The van der Waals surface area contributed by atoms with Gasteiger partial charge in [-0.3, -0.25) is 0 Å². The minimum absolute atomic E-state index is 0.291. The van der Waals surface area contributed by atoms with E-state index in [-0.39, 0.29) is 0 Å². The summed E-state index contributed by atoms with van der Waals surface area (Å²) in [6.07, 6.45) is 2.25. The molecule has 0 aliphatic rings. The fourth-order valence-electron chi connectivity index (χ4n) is 1.71. The average Bonchev–Trinajstić information content (AvgIpc) is 2.33. The molecule has 0 saturated heterocycles. The molecule has 0 spiro atoms. The van der Waals surface area contributed by atoms with Crippen LogP contribution in [0.3, 0.4) is 0 Å². The molecule has 1 atom stereocenters. The van der Waals surface area contributed by atoms with Gasteiger partial charge in [0.1, 0.15) is 5.75 Å². The second kappa shape index (κ2) is 6.75. The minimum Gasteiger partial charge on any atom is -0.494 e. The molecule has 3 nitrogen and oxygen atoms in total. The van der Waals surface area contributed by atoms with Gasteiger partial charge < -0.3 is 9.84 Å². The fraction of sp³-hybridized carbons (Fsp3) is 0.533. The van der Waals surface area contributed by atoms with E-state index in [4.69, 9.17) is 9.84 Å². The van der Waals surface area contributed by atoms with E-state index >= 15 is 0 Å². The molecule has 0 heterocycles. The van der Waals surface area contributed by atoms with Crippen LogP contribution in [0.1, 0.15) is 30.1 Å². The molecular weight excluding hydrogens is 256 g/mol. The summed E-state index contributed by atoms with van der Waals surface area (Å²) in [5.74, 6) is -0.166. The molecule has 0 aliphatic carbocycles. The Hall–Kier alpha value is -1.29. The maximum Gasteiger partial charge on any atom is 0.335 e. The van der Waals surface area contributed by atoms with E-state index in [0.717, 1.165) is 17.7 Å². The van der Waals surface area contributed by atoms with Crippen molar-refractivity contribution in [3.8, 4) is 5.75 Å². The third-order valence-electron chi connectivity index (χ3n) is 3.63. The molecule has 0 fully saturated rings. The second-order valence-corrected chi connectivity index (χ2v) is 11.8. The van der Waals surface area contributed by atoms with Crippen molar-refractivity contribution in [3.05, 3.63) is 29.8 Å². The Labute approximate surface area is 116 Å². The van der Waals surface area contributed by atoms with Gasteiger partial charge in [0.15, 0.2) is 0 Å². The SMILES string of the molecule is CC(CCCOc1ccc(C(=O)O)cc1)[Si](C)(C)C. The zero-order valence-corrected chi connectivity index (χ0v) is 13.3. The molecular formula is C15H24O3Si. The highest BCUT2D eigenvalue weighted by atomic mass is 28.3. The van der Waals surface area contributed by atoms with Crippen LogP contribution in [0.5, 0.6) is 5.75 Å². The highest BCUT2D eigenvalue weighted by Gasteiger charge is 2.21. The van der Waals surface area contributed by atoms with E-state index in [0.29, 0.717) is 12.2 Å². The van der Waals surface area contributed by atoms with Crippen LogP contribution >= 0.6 is 0 Å². The van der Waals surface area contributed by atoms with Gasteiger partial charge in [-0.25, -0.2) is 4.79 Å². The third-order valence-corrected chi connectivity index (χ3v) is 6.88. The fourth-order valence-corrected chi connectivity index (χ4v) is 2.78. The molecule has 1 rings (SSSR count). The van der Waals surface area contributed by atoms with Crippen LogP contribution < -0.4 is 4.74 Å². The normalized spacial score (nSPS) is 13.1. The lowest BCUT2D eigenvalue weighted by molar-refractivity contribution is 0.0697. The lowest BCUT2D eigenvalue weighted by Crippen LogP contribution is -2.26. The molecule has 1 aromatic rings. The molecule has 0 bridgehead atoms. The summed E-state index contributed by atoms with van der Waals surface area (Å²) in [6.45, 7) is 10.2. The first kappa shape index (κ1) is 15.8. The Morgan fingerprint density at radius 2 is 1.84 bits per heavy atom.